The van der Waals surface area contributed by atoms with Gasteiger partial charge < -0.3 is 4.90 Å². The molecule has 2 aliphatic rings. The minimum absolute atomic E-state index is 0.162. The average Bonchev–Trinajstić information content (AvgIpc) is 3.06. The molecule has 4 rings (SSSR count). The SMILES string of the molecule is CC1C(=O)N(c2ncn(Cc3ccccc3)n2)C(=O)N1C1CCC1. The van der Waals surface area contributed by atoms with Gasteiger partial charge in [-0.15, -0.1) is 5.10 Å². The van der Waals surface area contributed by atoms with Gasteiger partial charge in [-0.05, 0) is 31.7 Å². The molecule has 0 N–H and O–H groups in total. The van der Waals surface area contributed by atoms with Crippen LogP contribution in [0.25, 0.3) is 0 Å². The minimum atomic E-state index is -0.441. The van der Waals surface area contributed by atoms with Crippen molar-refractivity contribution in [1.29, 1.82) is 0 Å². The molecule has 3 amide bonds. The lowest BCUT2D eigenvalue weighted by Crippen LogP contribution is -2.46. The molecule has 24 heavy (non-hydrogen) atoms. The zero-order valence-electron chi connectivity index (χ0n) is 13.5. The van der Waals surface area contributed by atoms with E-state index in [0.717, 1.165) is 29.7 Å². The summed E-state index contributed by atoms with van der Waals surface area (Å²) in [5, 5.41) is 4.32. The van der Waals surface area contributed by atoms with Crippen LogP contribution in [0.4, 0.5) is 10.7 Å². The molecule has 1 saturated heterocycles. The summed E-state index contributed by atoms with van der Waals surface area (Å²) >= 11 is 0. The monoisotopic (exact) mass is 325 g/mol. The molecule has 1 atom stereocenters. The highest BCUT2D eigenvalue weighted by Crippen LogP contribution is 2.32. The highest BCUT2D eigenvalue weighted by atomic mass is 16.2. The van der Waals surface area contributed by atoms with Gasteiger partial charge in [-0.3, -0.25) is 4.79 Å². The molecule has 0 bridgehead atoms. The Hall–Kier alpha value is -2.70. The molecule has 7 nitrogen and oxygen atoms in total. The maximum absolute atomic E-state index is 12.7. The third-order valence-corrected chi connectivity index (χ3v) is 4.79. The number of amides is 3. The Balaban J connectivity index is 1.55. The second-order valence-corrected chi connectivity index (χ2v) is 6.35. The van der Waals surface area contributed by atoms with Gasteiger partial charge in [0.2, 0.25) is 0 Å². The van der Waals surface area contributed by atoms with Gasteiger partial charge in [-0.25, -0.2) is 9.48 Å². The highest BCUT2D eigenvalue weighted by molar-refractivity contribution is 6.20. The Morgan fingerprint density at radius 2 is 1.92 bits per heavy atom. The fraction of sp³-hybridized carbons (Fsp3) is 0.412. The highest BCUT2D eigenvalue weighted by Gasteiger charge is 2.48. The molecule has 2 heterocycles. The summed E-state index contributed by atoms with van der Waals surface area (Å²) in [6.07, 6.45) is 4.60. The second kappa shape index (κ2) is 5.74. The Morgan fingerprint density at radius 1 is 1.17 bits per heavy atom. The normalized spacial score (nSPS) is 21.5. The van der Waals surface area contributed by atoms with Gasteiger partial charge in [0.1, 0.15) is 12.4 Å². The predicted octanol–water partition coefficient (Wildman–Crippen LogP) is 2.04. The van der Waals surface area contributed by atoms with E-state index in [4.69, 9.17) is 0 Å². The van der Waals surface area contributed by atoms with Gasteiger partial charge >= 0.3 is 6.03 Å². The van der Waals surface area contributed by atoms with Crippen LogP contribution in [0, 0.1) is 0 Å². The molecule has 2 aromatic rings. The molecule has 0 spiro atoms. The zero-order chi connectivity index (χ0) is 16.7. The molecule has 2 fully saturated rings. The van der Waals surface area contributed by atoms with Crippen molar-refractivity contribution >= 4 is 17.9 Å². The molecule has 1 aromatic carbocycles. The number of rotatable bonds is 4. The number of imide groups is 1. The lowest BCUT2D eigenvalue weighted by Gasteiger charge is -2.35. The predicted molar refractivity (Wildman–Crippen MR) is 87.4 cm³/mol. The quantitative estimate of drug-likeness (QED) is 0.807. The largest absolute Gasteiger partial charge is 0.334 e. The number of hydrogen-bond donors (Lipinski definition) is 0. The van der Waals surface area contributed by atoms with E-state index < -0.39 is 6.04 Å². The van der Waals surface area contributed by atoms with Gasteiger partial charge in [0, 0.05) is 6.04 Å². The second-order valence-electron chi connectivity index (χ2n) is 6.35. The van der Waals surface area contributed by atoms with Crippen molar-refractivity contribution in [2.45, 2.75) is 44.8 Å². The van der Waals surface area contributed by atoms with Crippen molar-refractivity contribution in [3.63, 3.8) is 0 Å². The van der Waals surface area contributed by atoms with Crippen LogP contribution in [-0.4, -0.2) is 43.7 Å². The van der Waals surface area contributed by atoms with Crippen LogP contribution in [0.5, 0.6) is 0 Å². The van der Waals surface area contributed by atoms with Crippen LogP contribution in [0.3, 0.4) is 0 Å². The van der Waals surface area contributed by atoms with Crippen LogP contribution >= 0.6 is 0 Å². The number of carbonyl (C=O) groups excluding carboxylic acids is 2. The summed E-state index contributed by atoms with van der Waals surface area (Å²) in [5.41, 5.74) is 1.08. The van der Waals surface area contributed by atoms with E-state index in [2.05, 4.69) is 10.1 Å². The number of carbonyl (C=O) groups is 2. The molecule has 1 saturated carbocycles. The number of benzene rings is 1. The van der Waals surface area contributed by atoms with Crippen LogP contribution in [0.1, 0.15) is 31.7 Å². The molecule has 1 aliphatic carbocycles. The summed E-state index contributed by atoms with van der Waals surface area (Å²) in [5.74, 6) is -0.0843. The minimum Gasteiger partial charge on any atom is -0.309 e. The third kappa shape index (κ3) is 2.36. The van der Waals surface area contributed by atoms with Crippen molar-refractivity contribution in [3.8, 4) is 0 Å². The summed E-state index contributed by atoms with van der Waals surface area (Å²) in [4.78, 5) is 32.2. The van der Waals surface area contributed by atoms with Crippen molar-refractivity contribution in [2.24, 2.45) is 0 Å². The topological polar surface area (TPSA) is 71.3 Å². The first-order valence-electron chi connectivity index (χ1n) is 8.25. The van der Waals surface area contributed by atoms with Crippen LogP contribution < -0.4 is 4.90 Å². The van der Waals surface area contributed by atoms with E-state index in [0.29, 0.717) is 6.54 Å². The number of aromatic nitrogens is 3. The van der Waals surface area contributed by atoms with Crippen molar-refractivity contribution in [3.05, 3.63) is 42.2 Å². The molecule has 1 aliphatic heterocycles. The maximum atomic E-state index is 12.7. The van der Waals surface area contributed by atoms with E-state index in [-0.39, 0.29) is 23.9 Å². The number of anilines is 1. The summed E-state index contributed by atoms with van der Waals surface area (Å²) in [7, 11) is 0. The van der Waals surface area contributed by atoms with E-state index >= 15 is 0 Å². The molecule has 1 unspecified atom stereocenters. The van der Waals surface area contributed by atoms with Gasteiger partial charge in [-0.1, -0.05) is 30.3 Å². The Bertz CT molecular complexity index is 768. The molecular formula is C17H19N5O2. The van der Waals surface area contributed by atoms with Gasteiger partial charge in [-0.2, -0.15) is 9.88 Å². The summed E-state index contributed by atoms with van der Waals surface area (Å²) < 4.78 is 1.64. The van der Waals surface area contributed by atoms with E-state index in [1.165, 1.54) is 0 Å². The smallest absolute Gasteiger partial charge is 0.309 e. The van der Waals surface area contributed by atoms with E-state index in [9.17, 15) is 9.59 Å². The van der Waals surface area contributed by atoms with Crippen LogP contribution in [-0.2, 0) is 11.3 Å². The molecule has 0 radical (unpaired) electrons. The maximum Gasteiger partial charge on any atom is 0.334 e. The first-order valence-corrected chi connectivity index (χ1v) is 8.25. The standard InChI is InChI=1S/C17H19N5O2/c1-12-15(23)22(17(24)21(12)14-8-5-9-14)16-18-11-20(19-16)10-13-6-3-2-4-7-13/h2-4,6-7,11-12,14H,5,8-10H2,1H3. The van der Waals surface area contributed by atoms with Crippen molar-refractivity contribution < 1.29 is 9.59 Å². The van der Waals surface area contributed by atoms with Crippen molar-refractivity contribution in [2.75, 3.05) is 4.90 Å². The lowest BCUT2D eigenvalue weighted by atomic mass is 9.91. The molecular weight excluding hydrogens is 306 g/mol. The van der Waals surface area contributed by atoms with Gasteiger partial charge in [0.25, 0.3) is 11.9 Å². The molecule has 7 heteroatoms. The Morgan fingerprint density at radius 3 is 2.58 bits per heavy atom. The third-order valence-electron chi connectivity index (χ3n) is 4.79. The number of urea groups is 1. The first kappa shape index (κ1) is 14.9. The number of hydrogen-bond acceptors (Lipinski definition) is 4. The summed E-state index contributed by atoms with van der Waals surface area (Å²) in [6.45, 7) is 2.32. The number of nitrogens with zero attached hydrogens (tertiary/aromatic N) is 5. The molecule has 1 aromatic heterocycles. The molecule has 124 valence electrons. The van der Waals surface area contributed by atoms with E-state index in [1.54, 1.807) is 22.8 Å². The fourth-order valence-electron chi connectivity index (χ4n) is 3.24. The zero-order valence-corrected chi connectivity index (χ0v) is 13.5. The lowest BCUT2D eigenvalue weighted by molar-refractivity contribution is -0.119. The first-order chi connectivity index (χ1) is 11.6. The van der Waals surface area contributed by atoms with Crippen LogP contribution in [0.15, 0.2) is 36.7 Å². The summed E-state index contributed by atoms with van der Waals surface area (Å²) in [6, 6.07) is 9.29. The van der Waals surface area contributed by atoms with Gasteiger partial charge in [0.15, 0.2) is 0 Å². The fourth-order valence-corrected chi connectivity index (χ4v) is 3.24. The average molecular weight is 325 g/mol. The Kier molecular flexibility index (Phi) is 3.55. The Labute approximate surface area is 139 Å². The van der Waals surface area contributed by atoms with Crippen molar-refractivity contribution in [1.82, 2.24) is 19.7 Å². The van der Waals surface area contributed by atoms with Gasteiger partial charge in [0.05, 0.1) is 6.54 Å². The van der Waals surface area contributed by atoms with Crippen LogP contribution in [0.2, 0.25) is 0 Å². The van der Waals surface area contributed by atoms with E-state index in [1.807, 2.05) is 30.3 Å².